The van der Waals surface area contributed by atoms with Crippen molar-refractivity contribution in [2.24, 2.45) is 5.92 Å². The Morgan fingerprint density at radius 1 is 1.00 bits per heavy atom. The lowest BCUT2D eigenvalue weighted by atomic mass is 9.93. The molecule has 3 unspecified atom stereocenters. The second-order valence-corrected chi connectivity index (χ2v) is 2.61. The summed E-state index contributed by atoms with van der Waals surface area (Å²) in [6, 6.07) is 0. The zero-order chi connectivity index (χ0) is 10.9. The molecular formula is C11H24O2. The van der Waals surface area contributed by atoms with Crippen LogP contribution in [-0.4, -0.2) is 22.4 Å². The number of aliphatic hydroxyl groups excluding tert-OH is 2. The highest BCUT2D eigenvalue weighted by Crippen LogP contribution is 2.16. The summed E-state index contributed by atoms with van der Waals surface area (Å²) in [5.41, 5.74) is 0. The van der Waals surface area contributed by atoms with Crippen molar-refractivity contribution in [2.75, 3.05) is 0 Å². The molecule has 0 heterocycles. The fourth-order valence-electron chi connectivity index (χ4n) is 0.972. The van der Waals surface area contributed by atoms with Gasteiger partial charge in [0, 0.05) is 12.3 Å². The van der Waals surface area contributed by atoms with Crippen LogP contribution in [0.15, 0.2) is 12.2 Å². The maximum atomic E-state index is 9.14. The molecule has 1 aliphatic carbocycles. The zero-order valence-electron chi connectivity index (χ0n) is 9.49. The molecule has 2 nitrogen and oxygen atoms in total. The maximum absolute atomic E-state index is 9.14. The fraction of sp³-hybridized carbons (Fsp3) is 0.818. The van der Waals surface area contributed by atoms with Crippen molar-refractivity contribution in [2.45, 2.75) is 53.2 Å². The summed E-state index contributed by atoms with van der Waals surface area (Å²) in [7, 11) is 0. The van der Waals surface area contributed by atoms with Crippen LogP contribution in [0.5, 0.6) is 0 Å². The highest BCUT2D eigenvalue weighted by molar-refractivity contribution is 5.00. The number of aliphatic hydroxyl groups is 2. The average Bonchev–Trinajstić information content (AvgIpc) is 2.18. The Bertz CT molecular complexity index is 121. The Morgan fingerprint density at radius 3 is 1.77 bits per heavy atom. The summed E-state index contributed by atoms with van der Waals surface area (Å²) in [5.74, 6) is 0.202. The monoisotopic (exact) mass is 188 g/mol. The maximum Gasteiger partial charge on any atom is 0.0745 e. The Hall–Kier alpha value is -0.340. The van der Waals surface area contributed by atoms with Crippen LogP contribution in [0, 0.1) is 5.92 Å². The molecule has 3 atom stereocenters. The Morgan fingerprint density at radius 2 is 1.46 bits per heavy atom. The molecule has 0 spiro atoms. The van der Waals surface area contributed by atoms with E-state index in [1.165, 1.54) is 0 Å². The summed E-state index contributed by atoms with van der Waals surface area (Å²) in [6.45, 7) is 9.94. The van der Waals surface area contributed by atoms with Crippen LogP contribution >= 0.6 is 0 Å². The van der Waals surface area contributed by atoms with E-state index in [4.69, 9.17) is 10.2 Å². The SMILES string of the molecule is CC.CC.CC1C=CC(O)CC1O. The van der Waals surface area contributed by atoms with Gasteiger partial charge in [0.25, 0.3) is 0 Å². The first-order valence-corrected chi connectivity index (χ1v) is 5.24. The molecule has 0 amide bonds. The van der Waals surface area contributed by atoms with Gasteiger partial charge in [-0.05, 0) is 0 Å². The fourth-order valence-corrected chi connectivity index (χ4v) is 0.972. The van der Waals surface area contributed by atoms with Crippen LogP contribution in [0.2, 0.25) is 0 Å². The summed E-state index contributed by atoms with van der Waals surface area (Å²) in [4.78, 5) is 0. The normalized spacial score (nSPS) is 30.8. The number of hydrogen-bond donors (Lipinski definition) is 2. The van der Waals surface area contributed by atoms with Gasteiger partial charge in [0.15, 0.2) is 0 Å². The van der Waals surface area contributed by atoms with E-state index in [9.17, 15) is 0 Å². The van der Waals surface area contributed by atoms with E-state index in [2.05, 4.69) is 0 Å². The first kappa shape index (κ1) is 15.1. The van der Waals surface area contributed by atoms with Gasteiger partial charge in [-0.25, -0.2) is 0 Å². The molecule has 0 aromatic carbocycles. The first-order chi connectivity index (χ1) is 6.20. The molecule has 0 saturated carbocycles. The molecule has 1 rings (SSSR count). The van der Waals surface area contributed by atoms with Gasteiger partial charge >= 0.3 is 0 Å². The topological polar surface area (TPSA) is 40.5 Å². The van der Waals surface area contributed by atoms with Crippen LogP contribution < -0.4 is 0 Å². The molecule has 0 radical (unpaired) electrons. The minimum Gasteiger partial charge on any atom is -0.392 e. The molecule has 2 heteroatoms. The van der Waals surface area contributed by atoms with Crippen molar-refractivity contribution in [1.82, 2.24) is 0 Å². The second-order valence-electron chi connectivity index (χ2n) is 2.61. The molecule has 0 saturated heterocycles. The standard InChI is InChI=1S/C7H12O2.2C2H6/c1-5-2-3-6(8)4-7(5)9;2*1-2/h2-3,5-9H,4H2,1H3;2*1-2H3. The Labute approximate surface area is 82.3 Å². The predicted molar refractivity (Wildman–Crippen MR) is 57.6 cm³/mol. The third kappa shape index (κ3) is 6.79. The lowest BCUT2D eigenvalue weighted by Crippen LogP contribution is -2.25. The van der Waals surface area contributed by atoms with Gasteiger partial charge in [0.1, 0.15) is 0 Å². The molecule has 0 fully saturated rings. The molecule has 80 valence electrons. The van der Waals surface area contributed by atoms with Crippen molar-refractivity contribution in [3.63, 3.8) is 0 Å². The van der Waals surface area contributed by atoms with Crippen molar-refractivity contribution in [1.29, 1.82) is 0 Å². The van der Waals surface area contributed by atoms with Crippen LogP contribution in [-0.2, 0) is 0 Å². The van der Waals surface area contributed by atoms with E-state index in [0.717, 1.165) is 0 Å². The van der Waals surface area contributed by atoms with Crippen LogP contribution in [0.25, 0.3) is 0 Å². The second kappa shape index (κ2) is 9.75. The van der Waals surface area contributed by atoms with E-state index >= 15 is 0 Å². The van der Waals surface area contributed by atoms with Crippen LogP contribution in [0.1, 0.15) is 41.0 Å². The van der Waals surface area contributed by atoms with E-state index in [1.807, 2.05) is 40.7 Å². The zero-order valence-corrected chi connectivity index (χ0v) is 9.49. The van der Waals surface area contributed by atoms with Gasteiger partial charge in [-0.2, -0.15) is 0 Å². The van der Waals surface area contributed by atoms with Crippen molar-refractivity contribution >= 4 is 0 Å². The lowest BCUT2D eigenvalue weighted by molar-refractivity contribution is 0.0695. The molecule has 0 aromatic rings. The predicted octanol–water partition coefficient (Wildman–Crippen LogP) is 2.36. The third-order valence-electron chi connectivity index (χ3n) is 1.73. The van der Waals surface area contributed by atoms with E-state index in [0.29, 0.717) is 6.42 Å². The van der Waals surface area contributed by atoms with Gasteiger partial charge in [-0.15, -0.1) is 0 Å². The summed E-state index contributed by atoms with van der Waals surface area (Å²) in [6.07, 6.45) is 3.27. The molecule has 1 aliphatic rings. The molecule has 2 N–H and O–H groups in total. The number of hydrogen-bond acceptors (Lipinski definition) is 2. The van der Waals surface area contributed by atoms with E-state index in [-0.39, 0.29) is 12.0 Å². The van der Waals surface area contributed by atoms with Crippen LogP contribution in [0.4, 0.5) is 0 Å². The molecule has 0 bridgehead atoms. The van der Waals surface area contributed by atoms with E-state index < -0.39 is 6.10 Å². The summed E-state index contributed by atoms with van der Waals surface area (Å²) < 4.78 is 0. The largest absolute Gasteiger partial charge is 0.392 e. The number of rotatable bonds is 0. The molecule has 0 aromatic heterocycles. The lowest BCUT2D eigenvalue weighted by Gasteiger charge is -2.22. The summed E-state index contributed by atoms with van der Waals surface area (Å²) >= 11 is 0. The smallest absolute Gasteiger partial charge is 0.0745 e. The Balaban J connectivity index is 0. The molecular weight excluding hydrogens is 164 g/mol. The van der Waals surface area contributed by atoms with Gasteiger partial charge in [-0.1, -0.05) is 46.8 Å². The van der Waals surface area contributed by atoms with Crippen molar-refractivity contribution < 1.29 is 10.2 Å². The quantitative estimate of drug-likeness (QED) is 0.573. The van der Waals surface area contributed by atoms with Crippen LogP contribution in [0.3, 0.4) is 0 Å². The van der Waals surface area contributed by atoms with E-state index in [1.54, 1.807) is 6.08 Å². The summed E-state index contributed by atoms with van der Waals surface area (Å²) in [5, 5.41) is 18.1. The molecule has 13 heavy (non-hydrogen) atoms. The highest BCUT2D eigenvalue weighted by atomic mass is 16.3. The van der Waals surface area contributed by atoms with Gasteiger partial charge < -0.3 is 10.2 Å². The van der Waals surface area contributed by atoms with Crippen molar-refractivity contribution in [3.8, 4) is 0 Å². The van der Waals surface area contributed by atoms with Crippen molar-refractivity contribution in [3.05, 3.63) is 12.2 Å². The van der Waals surface area contributed by atoms with Gasteiger partial charge in [0.2, 0.25) is 0 Å². The minimum absolute atomic E-state index is 0.202. The molecule has 0 aliphatic heterocycles. The third-order valence-corrected chi connectivity index (χ3v) is 1.73. The Kier molecular flexibility index (Phi) is 11.4. The average molecular weight is 188 g/mol. The van der Waals surface area contributed by atoms with Gasteiger partial charge in [0.05, 0.1) is 12.2 Å². The first-order valence-electron chi connectivity index (χ1n) is 5.24. The van der Waals surface area contributed by atoms with Gasteiger partial charge in [-0.3, -0.25) is 0 Å². The highest BCUT2D eigenvalue weighted by Gasteiger charge is 2.18. The minimum atomic E-state index is -0.434.